The molecule has 0 N–H and O–H groups in total. The number of ether oxygens (including phenoxy) is 1. The van der Waals surface area contributed by atoms with Gasteiger partial charge in [0.25, 0.3) is 0 Å². The molecule has 0 aromatic heterocycles. The average molecular weight is 253 g/mol. The van der Waals surface area contributed by atoms with Gasteiger partial charge in [0.15, 0.2) is 0 Å². The zero-order valence-corrected chi connectivity index (χ0v) is 10.5. The van der Waals surface area contributed by atoms with Crippen LogP contribution in [0.3, 0.4) is 0 Å². The van der Waals surface area contributed by atoms with Gasteiger partial charge in [-0.1, -0.05) is 18.2 Å². The minimum absolute atomic E-state index is 0.0580. The summed E-state index contributed by atoms with van der Waals surface area (Å²) < 4.78 is 17.9. The van der Waals surface area contributed by atoms with Crippen LogP contribution in [0.2, 0.25) is 0 Å². The first-order valence-electron chi connectivity index (χ1n) is 5.66. The predicted octanol–water partition coefficient (Wildman–Crippen LogP) is 1.39. The van der Waals surface area contributed by atoms with Crippen molar-refractivity contribution < 1.29 is 18.7 Å². The molecule has 1 aromatic carbocycles. The Kier molecular flexibility index (Phi) is 5.30. The molecule has 0 fully saturated rings. The van der Waals surface area contributed by atoms with Crippen molar-refractivity contribution in [2.45, 2.75) is 13.3 Å². The topological polar surface area (TPSA) is 46.6 Å². The molecule has 4 nitrogen and oxygen atoms in total. The fraction of sp³-hybridized carbons (Fsp3) is 0.385. The largest absolute Gasteiger partial charge is 0.468 e. The Morgan fingerprint density at radius 1 is 1.33 bits per heavy atom. The highest BCUT2D eigenvalue weighted by Gasteiger charge is 2.17. The first-order valence-corrected chi connectivity index (χ1v) is 5.66. The smallest absolute Gasteiger partial charge is 0.325 e. The molecule has 0 heterocycles. The van der Waals surface area contributed by atoms with Gasteiger partial charge < -0.3 is 9.64 Å². The summed E-state index contributed by atoms with van der Waals surface area (Å²) in [5.41, 5.74) is 0.325. The van der Waals surface area contributed by atoms with Crippen LogP contribution < -0.4 is 0 Å². The van der Waals surface area contributed by atoms with Crippen molar-refractivity contribution in [3.8, 4) is 0 Å². The minimum Gasteiger partial charge on any atom is -0.468 e. The van der Waals surface area contributed by atoms with Crippen molar-refractivity contribution in [2.24, 2.45) is 0 Å². The normalized spacial score (nSPS) is 9.94. The number of likely N-dealkylation sites (N-methyl/N-ethyl adjacent to an activating group) is 1. The van der Waals surface area contributed by atoms with E-state index in [0.717, 1.165) is 0 Å². The average Bonchev–Trinajstić information content (AvgIpc) is 2.38. The van der Waals surface area contributed by atoms with Crippen LogP contribution in [0.1, 0.15) is 12.5 Å². The number of hydrogen-bond donors (Lipinski definition) is 0. The van der Waals surface area contributed by atoms with E-state index in [0.29, 0.717) is 12.1 Å². The molecule has 0 unspecified atom stereocenters. The standard InChI is InChI=1S/C13H16FNO3/c1-3-15(9-13(17)18-2)12(16)8-10-6-4-5-7-11(10)14/h4-7H,3,8-9H2,1-2H3. The third-order valence-electron chi connectivity index (χ3n) is 2.58. The lowest BCUT2D eigenvalue weighted by atomic mass is 10.1. The number of hydrogen-bond acceptors (Lipinski definition) is 3. The number of benzene rings is 1. The van der Waals surface area contributed by atoms with Crippen LogP contribution in [-0.4, -0.2) is 37.0 Å². The van der Waals surface area contributed by atoms with E-state index >= 15 is 0 Å². The summed E-state index contributed by atoms with van der Waals surface area (Å²) in [7, 11) is 1.26. The van der Waals surface area contributed by atoms with Crippen LogP contribution in [-0.2, 0) is 20.7 Å². The molecular weight excluding hydrogens is 237 g/mol. The van der Waals surface area contributed by atoms with Gasteiger partial charge in [0, 0.05) is 6.54 Å². The summed E-state index contributed by atoms with van der Waals surface area (Å²) >= 11 is 0. The number of rotatable bonds is 5. The molecular formula is C13H16FNO3. The molecule has 0 radical (unpaired) electrons. The lowest BCUT2D eigenvalue weighted by Gasteiger charge is -2.19. The Balaban J connectivity index is 2.68. The third-order valence-corrected chi connectivity index (χ3v) is 2.58. The van der Waals surface area contributed by atoms with E-state index in [9.17, 15) is 14.0 Å². The van der Waals surface area contributed by atoms with Gasteiger partial charge in [-0.05, 0) is 18.6 Å². The van der Waals surface area contributed by atoms with Crippen LogP contribution in [0.4, 0.5) is 4.39 Å². The minimum atomic E-state index is -0.487. The first kappa shape index (κ1) is 14.2. The monoisotopic (exact) mass is 253 g/mol. The van der Waals surface area contributed by atoms with E-state index in [1.54, 1.807) is 25.1 Å². The Bertz CT molecular complexity index is 434. The van der Waals surface area contributed by atoms with Crippen LogP contribution in [0.5, 0.6) is 0 Å². The van der Waals surface area contributed by atoms with E-state index in [-0.39, 0.29) is 18.9 Å². The van der Waals surface area contributed by atoms with Crippen molar-refractivity contribution in [1.82, 2.24) is 4.90 Å². The molecule has 0 spiro atoms. The summed E-state index contributed by atoms with van der Waals surface area (Å²) in [5.74, 6) is -1.20. The van der Waals surface area contributed by atoms with E-state index in [1.165, 1.54) is 18.1 Å². The van der Waals surface area contributed by atoms with Crippen molar-refractivity contribution >= 4 is 11.9 Å². The van der Waals surface area contributed by atoms with Gasteiger partial charge in [0.1, 0.15) is 12.4 Å². The number of carbonyl (C=O) groups excluding carboxylic acids is 2. The molecule has 0 aliphatic rings. The lowest BCUT2D eigenvalue weighted by molar-refractivity contribution is -0.146. The number of esters is 1. The summed E-state index contributed by atoms with van der Waals surface area (Å²) in [4.78, 5) is 24.3. The number of halogens is 1. The van der Waals surface area contributed by atoms with E-state index in [4.69, 9.17) is 0 Å². The van der Waals surface area contributed by atoms with Crippen LogP contribution in [0.15, 0.2) is 24.3 Å². The van der Waals surface area contributed by atoms with Crippen molar-refractivity contribution in [1.29, 1.82) is 0 Å². The second kappa shape index (κ2) is 6.74. The maximum absolute atomic E-state index is 13.4. The highest BCUT2D eigenvalue weighted by atomic mass is 19.1. The summed E-state index contributed by atoms with van der Waals surface area (Å²) in [6, 6.07) is 6.09. The molecule has 5 heteroatoms. The number of carbonyl (C=O) groups is 2. The quantitative estimate of drug-likeness (QED) is 0.745. The second-order valence-corrected chi connectivity index (χ2v) is 3.75. The van der Waals surface area contributed by atoms with Gasteiger partial charge in [0.05, 0.1) is 13.5 Å². The molecule has 1 aromatic rings. The van der Waals surface area contributed by atoms with Gasteiger partial charge in [-0.15, -0.1) is 0 Å². The van der Waals surface area contributed by atoms with Gasteiger partial charge in [-0.25, -0.2) is 4.39 Å². The Morgan fingerprint density at radius 3 is 2.56 bits per heavy atom. The molecule has 0 atom stereocenters. The molecule has 1 amide bonds. The molecule has 0 aliphatic carbocycles. The maximum Gasteiger partial charge on any atom is 0.325 e. The van der Waals surface area contributed by atoms with Gasteiger partial charge in [0.2, 0.25) is 5.91 Å². The number of amides is 1. The van der Waals surface area contributed by atoms with Gasteiger partial charge >= 0.3 is 5.97 Å². The fourth-order valence-electron chi connectivity index (χ4n) is 1.51. The Labute approximate surface area is 105 Å². The molecule has 1 rings (SSSR count). The fourth-order valence-corrected chi connectivity index (χ4v) is 1.51. The van der Waals surface area contributed by atoms with Crippen molar-refractivity contribution in [2.75, 3.05) is 20.2 Å². The molecule has 0 aliphatic heterocycles. The highest BCUT2D eigenvalue weighted by Crippen LogP contribution is 2.08. The Morgan fingerprint density at radius 2 is 2.00 bits per heavy atom. The predicted molar refractivity (Wildman–Crippen MR) is 64.4 cm³/mol. The van der Waals surface area contributed by atoms with Crippen LogP contribution in [0, 0.1) is 5.82 Å². The molecule has 98 valence electrons. The first-order chi connectivity index (χ1) is 8.58. The molecule has 18 heavy (non-hydrogen) atoms. The third kappa shape index (κ3) is 3.84. The molecule has 0 bridgehead atoms. The van der Waals surface area contributed by atoms with Crippen molar-refractivity contribution in [3.63, 3.8) is 0 Å². The summed E-state index contributed by atoms with van der Waals surface area (Å²) in [5, 5.41) is 0. The van der Waals surface area contributed by atoms with Crippen LogP contribution >= 0.6 is 0 Å². The Hall–Kier alpha value is -1.91. The zero-order valence-electron chi connectivity index (χ0n) is 10.5. The second-order valence-electron chi connectivity index (χ2n) is 3.75. The number of methoxy groups -OCH3 is 1. The summed E-state index contributed by atoms with van der Waals surface area (Å²) in [6.45, 7) is 2.02. The zero-order chi connectivity index (χ0) is 13.5. The molecule has 0 saturated heterocycles. The SMILES string of the molecule is CCN(CC(=O)OC)C(=O)Cc1ccccc1F. The summed E-state index contributed by atoms with van der Waals surface area (Å²) in [6.07, 6.45) is -0.0580. The van der Waals surface area contributed by atoms with Crippen LogP contribution in [0.25, 0.3) is 0 Å². The maximum atomic E-state index is 13.4. The van der Waals surface area contributed by atoms with Crippen molar-refractivity contribution in [3.05, 3.63) is 35.6 Å². The lowest BCUT2D eigenvalue weighted by Crippen LogP contribution is -2.37. The van der Waals surface area contributed by atoms with E-state index in [2.05, 4.69) is 4.74 Å². The van der Waals surface area contributed by atoms with E-state index < -0.39 is 11.8 Å². The van der Waals surface area contributed by atoms with Gasteiger partial charge in [-0.2, -0.15) is 0 Å². The number of nitrogens with zero attached hydrogens (tertiary/aromatic N) is 1. The molecule has 0 saturated carbocycles. The van der Waals surface area contributed by atoms with E-state index in [1.807, 2.05) is 0 Å². The van der Waals surface area contributed by atoms with Gasteiger partial charge in [-0.3, -0.25) is 9.59 Å². The highest BCUT2D eigenvalue weighted by molar-refractivity contribution is 5.83.